The lowest BCUT2D eigenvalue weighted by Crippen LogP contribution is -2.05. The molecule has 0 aliphatic rings. The molecule has 1 rings (SSSR count). The van der Waals surface area contributed by atoms with Gasteiger partial charge in [-0.05, 0) is 84.4 Å². The summed E-state index contributed by atoms with van der Waals surface area (Å²) in [4.78, 5) is 11.4. The van der Waals surface area contributed by atoms with Crippen molar-refractivity contribution in [1.29, 1.82) is 0 Å². The lowest BCUT2D eigenvalue weighted by molar-refractivity contribution is -0.143. The fourth-order valence-corrected chi connectivity index (χ4v) is 2.95. The molecule has 1 aromatic carbocycles. The number of benzene rings is 1. The zero-order valence-electron chi connectivity index (χ0n) is 19.0. The summed E-state index contributed by atoms with van der Waals surface area (Å²) in [5, 5.41) is 3.44. The summed E-state index contributed by atoms with van der Waals surface area (Å²) in [6.45, 7) is 11.9. The van der Waals surface area contributed by atoms with Gasteiger partial charge in [-0.2, -0.15) is 0 Å². The Morgan fingerprint density at radius 2 is 1.52 bits per heavy atom. The quantitative estimate of drug-likeness (QED) is 0.287. The van der Waals surface area contributed by atoms with Crippen molar-refractivity contribution in [2.45, 2.75) is 73.1 Å². The Hall–Kier alpha value is -2.29. The third-order valence-corrected chi connectivity index (χ3v) is 4.76. The van der Waals surface area contributed by atoms with Gasteiger partial charge in [-0.15, -0.1) is 0 Å². The Balaban J connectivity index is 2.29. The molecule has 0 bridgehead atoms. The van der Waals surface area contributed by atoms with E-state index in [4.69, 9.17) is 4.74 Å². The largest absolute Gasteiger partial charge is 0.466 e. The molecule has 0 aliphatic carbocycles. The molecule has 0 aliphatic heterocycles. The Kier molecular flexibility index (Phi) is 12.5. The van der Waals surface area contributed by atoms with Gasteiger partial charge in [-0.3, -0.25) is 4.79 Å². The van der Waals surface area contributed by atoms with E-state index in [1.165, 1.54) is 16.7 Å². The number of nitrogens with one attached hydrogen (secondary N) is 1. The van der Waals surface area contributed by atoms with Crippen LogP contribution in [0.15, 0.2) is 59.2 Å². The highest BCUT2D eigenvalue weighted by Gasteiger charge is 2.02. The average Bonchev–Trinajstić information content (AvgIpc) is 2.67. The van der Waals surface area contributed by atoms with E-state index in [9.17, 15) is 4.79 Å². The molecule has 1 aromatic rings. The van der Waals surface area contributed by atoms with Crippen molar-refractivity contribution in [3.05, 3.63) is 64.8 Å². The Morgan fingerprint density at radius 1 is 0.897 bits per heavy atom. The van der Waals surface area contributed by atoms with Crippen molar-refractivity contribution in [2.75, 3.05) is 18.5 Å². The lowest BCUT2D eigenvalue weighted by Gasteiger charge is -2.07. The van der Waals surface area contributed by atoms with Crippen LogP contribution in [0.25, 0.3) is 0 Å². The van der Waals surface area contributed by atoms with Crippen LogP contribution >= 0.6 is 0 Å². The fraction of sp³-hybridized carbons (Fsp3) is 0.500. The number of esters is 1. The molecule has 1 N–H and O–H groups in total. The van der Waals surface area contributed by atoms with Crippen molar-refractivity contribution < 1.29 is 9.53 Å². The molecule has 0 aromatic heterocycles. The minimum absolute atomic E-state index is 0.131. The normalized spacial score (nSPS) is 11.9. The van der Waals surface area contributed by atoms with Gasteiger partial charge >= 0.3 is 5.97 Å². The second kappa shape index (κ2) is 14.7. The van der Waals surface area contributed by atoms with E-state index in [2.05, 4.69) is 75.5 Å². The number of hydrogen-bond acceptors (Lipinski definition) is 3. The minimum Gasteiger partial charge on any atom is -0.466 e. The van der Waals surface area contributed by atoms with Crippen LogP contribution in [0, 0.1) is 0 Å². The second-order valence-electron chi connectivity index (χ2n) is 7.84. The summed E-state index contributed by atoms with van der Waals surface area (Å²) < 4.78 is 4.97. The van der Waals surface area contributed by atoms with E-state index in [0.717, 1.165) is 49.9 Å². The van der Waals surface area contributed by atoms with Gasteiger partial charge in [0, 0.05) is 18.7 Å². The van der Waals surface area contributed by atoms with Crippen LogP contribution in [-0.2, 0) is 16.0 Å². The van der Waals surface area contributed by atoms with Gasteiger partial charge in [0.1, 0.15) is 0 Å². The first-order valence-corrected chi connectivity index (χ1v) is 10.8. The topological polar surface area (TPSA) is 38.3 Å². The van der Waals surface area contributed by atoms with Gasteiger partial charge in [0.2, 0.25) is 0 Å². The molecule has 160 valence electrons. The van der Waals surface area contributed by atoms with Crippen LogP contribution in [-0.4, -0.2) is 19.1 Å². The van der Waals surface area contributed by atoms with Crippen LogP contribution in [0.1, 0.15) is 72.3 Å². The molecule has 0 fully saturated rings. The third kappa shape index (κ3) is 12.7. The Morgan fingerprint density at radius 3 is 2.14 bits per heavy atom. The van der Waals surface area contributed by atoms with Crippen LogP contribution in [0.2, 0.25) is 0 Å². The molecule has 0 spiro atoms. The predicted octanol–water partition coefficient (Wildman–Crippen LogP) is 7.01. The van der Waals surface area contributed by atoms with Crippen molar-refractivity contribution in [3.8, 4) is 0 Å². The summed E-state index contributed by atoms with van der Waals surface area (Å²) in [5.74, 6) is -0.131. The number of hydrogen-bond donors (Lipinski definition) is 1. The molecule has 0 unspecified atom stereocenters. The smallest absolute Gasteiger partial charge is 0.306 e. The molecule has 3 nitrogen and oxygen atoms in total. The van der Waals surface area contributed by atoms with Gasteiger partial charge in [-0.1, -0.05) is 47.1 Å². The highest BCUT2D eigenvalue weighted by Crippen LogP contribution is 2.13. The van der Waals surface area contributed by atoms with E-state index in [1.54, 1.807) is 0 Å². The molecular weight excluding hydrogens is 358 g/mol. The molecule has 3 heteroatoms. The minimum atomic E-state index is -0.131. The molecule has 0 radical (unpaired) electrons. The van der Waals surface area contributed by atoms with Crippen LogP contribution in [0.3, 0.4) is 0 Å². The van der Waals surface area contributed by atoms with E-state index in [-0.39, 0.29) is 5.97 Å². The zero-order chi connectivity index (χ0) is 21.5. The maximum atomic E-state index is 11.4. The number of ether oxygens (including phenoxy) is 1. The van der Waals surface area contributed by atoms with E-state index >= 15 is 0 Å². The standard InChI is InChI=1S/C26H39NO2/c1-6-29-26(28)18-15-24-13-16-25(17-14-24)27-20-19-23(5)12-8-11-22(4)10-7-9-21(2)3/h9,11,13-14,16-17,19,27H,6-8,10,12,15,18,20H2,1-5H3/b22-11+,23-19+. The first-order chi connectivity index (χ1) is 13.9. The highest BCUT2D eigenvalue weighted by molar-refractivity contribution is 5.69. The number of aryl methyl sites for hydroxylation is 1. The van der Waals surface area contributed by atoms with Gasteiger partial charge in [-0.25, -0.2) is 0 Å². The molecule has 0 saturated carbocycles. The van der Waals surface area contributed by atoms with Crippen LogP contribution < -0.4 is 5.32 Å². The summed E-state index contributed by atoms with van der Waals surface area (Å²) in [5.41, 5.74) is 6.55. The van der Waals surface area contributed by atoms with Crippen molar-refractivity contribution in [2.24, 2.45) is 0 Å². The molecule has 0 saturated heterocycles. The SMILES string of the molecule is CCOC(=O)CCc1ccc(NC/C=C(\C)CC/C=C(\C)CCC=C(C)C)cc1. The maximum Gasteiger partial charge on any atom is 0.306 e. The Labute approximate surface area is 177 Å². The molecule has 0 heterocycles. The number of carbonyl (C=O) groups excluding carboxylic acids is 1. The van der Waals surface area contributed by atoms with Gasteiger partial charge in [0.15, 0.2) is 0 Å². The summed E-state index contributed by atoms with van der Waals surface area (Å²) in [6, 6.07) is 8.28. The maximum absolute atomic E-state index is 11.4. The zero-order valence-corrected chi connectivity index (χ0v) is 19.0. The van der Waals surface area contributed by atoms with Gasteiger partial charge in [0.05, 0.1) is 6.61 Å². The Bertz CT molecular complexity index is 692. The van der Waals surface area contributed by atoms with Gasteiger partial charge in [0.25, 0.3) is 0 Å². The van der Waals surface area contributed by atoms with Crippen LogP contribution in [0.5, 0.6) is 0 Å². The number of carbonyl (C=O) groups is 1. The third-order valence-electron chi connectivity index (χ3n) is 4.76. The monoisotopic (exact) mass is 397 g/mol. The summed E-state index contributed by atoms with van der Waals surface area (Å²) in [7, 11) is 0. The first kappa shape index (κ1) is 24.7. The molecule has 0 atom stereocenters. The molecule has 0 amide bonds. The fourth-order valence-electron chi connectivity index (χ4n) is 2.95. The average molecular weight is 398 g/mol. The van der Waals surface area contributed by atoms with E-state index in [1.807, 2.05) is 6.92 Å². The van der Waals surface area contributed by atoms with E-state index < -0.39 is 0 Å². The summed E-state index contributed by atoms with van der Waals surface area (Å²) >= 11 is 0. The second-order valence-corrected chi connectivity index (χ2v) is 7.84. The highest BCUT2D eigenvalue weighted by atomic mass is 16.5. The predicted molar refractivity (Wildman–Crippen MR) is 125 cm³/mol. The van der Waals surface area contributed by atoms with Crippen molar-refractivity contribution in [1.82, 2.24) is 0 Å². The molecular formula is C26H39NO2. The number of rotatable bonds is 13. The van der Waals surface area contributed by atoms with Crippen LogP contribution in [0.4, 0.5) is 5.69 Å². The lowest BCUT2D eigenvalue weighted by atomic mass is 10.1. The number of anilines is 1. The number of allylic oxidation sites excluding steroid dienone is 5. The van der Waals surface area contributed by atoms with Crippen molar-refractivity contribution in [3.63, 3.8) is 0 Å². The first-order valence-electron chi connectivity index (χ1n) is 10.8. The van der Waals surface area contributed by atoms with Crippen molar-refractivity contribution >= 4 is 11.7 Å². The summed E-state index contributed by atoms with van der Waals surface area (Å²) in [6.07, 6.45) is 12.6. The molecule has 29 heavy (non-hydrogen) atoms. The van der Waals surface area contributed by atoms with Gasteiger partial charge < -0.3 is 10.1 Å². The van der Waals surface area contributed by atoms with E-state index in [0.29, 0.717) is 13.0 Å².